The van der Waals surface area contributed by atoms with Crippen molar-refractivity contribution >= 4 is 11.4 Å². The first-order valence-electron chi connectivity index (χ1n) is 4.42. The van der Waals surface area contributed by atoms with E-state index in [-0.39, 0.29) is 5.69 Å². The summed E-state index contributed by atoms with van der Waals surface area (Å²) in [7, 11) is 0. The highest BCUT2D eigenvalue weighted by atomic mass is 16.6. The molecule has 0 aliphatic heterocycles. The minimum absolute atomic E-state index is 0.0661. The molecule has 2 N–H and O–H groups in total. The second kappa shape index (κ2) is 4.99. The Morgan fingerprint density at radius 1 is 1.53 bits per heavy atom. The van der Waals surface area contributed by atoms with E-state index in [9.17, 15) is 10.1 Å². The predicted octanol–water partition coefficient (Wildman–Crippen LogP) is 2.13. The van der Waals surface area contributed by atoms with Crippen molar-refractivity contribution < 1.29 is 9.66 Å². The molecule has 15 heavy (non-hydrogen) atoms. The van der Waals surface area contributed by atoms with Gasteiger partial charge in [-0.25, -0.2) is 0 Å². The third-order valence-electron chi connectivity index (χ3n) is 1.72. The SMILES string of the molecule is C=CCCOc1cc(N)cc([N+](=O)[O-])c1. The van der Waals surface area contributed by atoms with Crippen LogP contribution in [0.2, 0.25) is 0 Å². The zero-order chi connectivity index (χ0) is 11.3. The molecule has 1 aromatic rings. The monoisotopic (exact) mass is 208 g/mol. The number of nitro groups is 1. The zero-order valence-electron chi connectivity index (χ0n) is 8.18. The average Bonchev–Trinajstić information content (AvgIpc) is 2.17. The van der Waals surface area contributed by atoms with Crippen LogP contribution in [0.5, 0.6) is 5.75 Å². The smallest absolute Gasteiger partial charge is 0.275 e. The van der Waals surface area contributed by atoms with Crippen molar-refractivity contribution in [2.45, 2.75) is 6.42 Å². The summed E-state index contributed by atoms with van der Waals surface area (Å²) in [5, 5.41) is 10.5. The zero-order valence-corrected chi connectivity index (χ0v) is 8.18. The predicted molar refractivity (Wildman–Crippen MR) is 57.8 cm³/mol. The highest BCUT2D eigenvalue weighted by Crippen LogP contribution is 2.24. The molecule has 0 aliphatic carbocycles. The van der Waals surface area contributed by atoms with Crippen LogP contribution in [-0.4, -0.2) is 11.5 Å². The maximum absolute atomic E-state index is 10.5. The molecular formula is C10H12N2O3. The molecule has 0 saturated heterocycles. The molecule has 80 valence electrons. The fourth-order valence-corrected chi connectivity index (χ4v) is 1.05. The lowest BCUT2D eigenvalue weighted by atomic mass is 10.2. The Morgan fingerprint density at radius 2 is 2.27 bits per heavy atom. The van der Waals surface area contributed by atoms with Gasteiger partial charge >= 0.3 is 0 Å². The van der Waals surface area contributed by atoms with Gasteiger partial charge in [0.1, 0.15) is 5.75 Å². The van der Waals surface area contributed by atoms with Crippen molar-refractivity contribution in [2.24, 2.45) is 0 Å². The van der Waals surface area contributed by atoms with Crippen molar-refractivity contribution in [1.82, 2.24) is 0 Å². The summed E-state index contributed by atoms with van der Waals surface area (Å²) in [6, 6.07) is 4.19. The van der Waals surface area contributed by atoms with Gasteiger partial charge in [-0.15, -0.1) is 6.58 Å². The van der Waals surface area contributed by atoms with Crippen LogP contribution >= 0.6 is 0 Å². The Labute approximate surface area is 87.3 Å². The average molecular weight is 208 g/mol. The second-order valence-electron chi connectivity index (χ2n) is 2.94. The number of anilines is 1. The Kier molecular flexibility index (Phi) is 3.68. The van der Waals surface area contributed by atoms with E-state index < -0.39 is 4.92 Å². The first-order chi connectivity index (χ1) is 7.13. The minimum atomic E-state index is -0.503. The topological polar surface area (TPSA) is 78.4 Å². The number of nitrogen functional groups attached to an aromatic ring is 1. The van der Waals surface area contributed by atoms with Crippen LogP contribution in [0.3, 0.4) is 0 Å². The summed E-state index contributed by atoms with van der Waals surface area (Å²) in [5.41, 5.74) is 5.75. The van der Waals surface area contributed by atoms with Gasteiger partial charge in [0.25, 0.3) is 5.69 Å². The number of non-ortho nitro benzene ring substituents is 1. The molecule has 0 spiro atoms. The van der Waals surface area contributed by atoms with Gasteiger partial charge in [-0.1, -0.05) is 6.08 Å². The maximum atomic E-state index is 10.5. The first kappa shape index (κ1) is 11.0. The van der Waals surface area contributed by atoms with Gasteiger partial charge in [0.05, 0.1) is 17.6 Å². The lowest BCUT2D eigenvalue weighted by molar-refractivity contribution is -0.384. The molecule has 0 saturated carbocycles. The molecule has 0 bridgehead atoms. The third-order valence-corrected chi connectivity index (χ3v) is 1.72. The van der Waals surface area contributed by atoms with E-state index >= 15 is 0 Å². The van der Waals surface area contributed by atoms with E-state index in [1.807, 2.05) is 0 Å². The van der Waals surface area contributed by atoms with Gasteiger partial charge in [0.2, 0.25) is 0 Å². The van der Waals surface area contributed by atoms with Crippen molar-refractivity contribution in [3.05, 3.63) is 41.0 Å². The van der Waals surface area contributed by atoms with Crippen molar-refractivity contribution in [3.8, 4) is 5.75 Å². The Morgan fingerprint density at radius 3 is 2.87 bits per heavy atom. The van der Waals surface area contributed by atoms with Gasteiger partial charge in [-0.05, 0) is 6.42 Å². The van der Waals surface area contributed by atoms with Gasteiger partial charge < -0.3 is 10.5 Å². The summed E-state index contributed by atoms with van der Waals surface area (Å²) in [6.07, 6.45) is 2.39. The molecule has 1 aromatic carbocycles. The largest absolute Gasteiger partial charge is 0.493 e. The van der Waals surface area contributed by atoms with Crippen molar-refractivity contribution in [2.75, 3.05) is 12.3 Å². The van der Waals surface area contributed by atoms with Crippen LogP contribution in [0.1, 0.15) is 6.42 Å². The summed E-state index contributed by atoms with van der Waals surface area (Å²) in [4.78, 5) is 10.0. The third kappa shape index (κ3) is 3.30. The van der Waals surface area contributed by atoms with E-state index in [1.165, 1.54) is 12.1 Å². The molecule has 0 amide bonds. The maximum Gasteiger partial charge on any atom is 0.275 e. The van der Waals surface area contributed by atoms with Gasteiger partial charge in [0, 0.05) is 17.8 Å². The lowest BCUT2D eigenvalue weighted by Crippen LogP contribution is -1.98. The first-order valence-corrected chi connectivity index (χ1v) is 4.42. The van der Waals surface area contributed by atoms with E-state index in [1.54, 1.807) is 12.1 Å². The molecule has 0 aromatic heterocycles. The number of nitro benzene ring substituents is 1. The summed E-state index contributed by atoms with van der Waals surface area (Å²) < 4.78 is 5.26. The van der Waals surface area contributed by atoms with Gasteiger partial charge in [-0.3, -0.25) is 10.1 Å². The van der Waals surface area contributed by atoms with E-state index in [0.29, 0.717) is 24.5 Å². The van der Waals surface area contributed by atoms with E-state index in [2.05, 4.69) is 6.58 Å². The van der Waals surface area contributed by atoms with Gasteiger partial charge in [0.15, 0.2) is 0 Å². The number of rotatable bonds is 5. The Balaban J connectivity index is 2.79. The highest BCUT2D eigenvalue weighted by molar-refractivity contribution is 5.53. The molecule has 5 nitrogen and oxygen atoms in total. The molecule has 0 aliphatic rings. The molecule has 0 unspecified atom stereocenters. The fraction of sp³-hybridized carbons (Fsp3) is 0.200. The number of ether oxygens (including phenoxy) is 1. The molecular weight excluding hydrogens is 196 g/mol. The van der Waals surface area contributed by atoms with Crippen LogP contribution in [0, 0.1) is 10.1 Å². The standard InChI is InChI=1S/C10H12N2O3/c1-2-3-4-15-10-6-8(11)5-9(7-10)12(13)14/h2,5-7H,1,3-4,11H2. The molecule has 0 radical (unpaired) electrons. The number of benzene rings is 1. The fourth-order valence-electron chi connectivity index (χ4n) is 1.05. The molecule has 0 atom stereocenters. The molecule has 0 heterocycles. The normalized spacial score (nSPS) is 9.60. The molecule has 1 rings (SSSR count). The van der Waals surface area contributed by atoms with Gasteiger partial charge in [-0.2, -0.15) is 0 Å². The number of hydrogen-bond acceptors (Lipinski definition) is 4. The highest BCUT2D eigenvalue weighted by Gasteiger charge is 2.08. The van der Waals surface area contributed by atoms with Crippen LogP contribution in [0.15, 0.2) is 30.9 Å². The van der Waals surface area contributed by atoms with Crippen molar-refractivity contribution in [3.63, 3.8) is 0 Å². The minimum Gasteiger partial charge on any atom is -0.493 e. The van der Waals surface area contributed by atoms with Crippen LogP contribution in [0.25, 0.3) is 0 Å². The Hall–Kier alpha value is -2.04. The number of nitrogens with two attached hydrogens (primary N) is 1. The lowest BCUT2D eigenvalue weighted by Gasteiger charge is -2.05. The number of nitrogens with zero attached hydrogens (tertiary/aromatic N) is 1. The van der Waals surface area contributed by atoms with Crippen LogP contribution in [-0.2, 0) is 0 Å². The van der Waals surface area contributed by atoms with E-state index in [0.717, 1.165) is 0 Å². The Bertz CT molecular complexity index is 377. The van der Waals surface area contributed by atoms with Crippen LogP contribution in [0.4, 0.5) is 11.4 Å². The second-order valence-corrected chi connectivity index (χ2v) is 2.94. The summed E-state index contributed by atoms with van der Waals surface area (Å²) in [5.74, 6) is 0.406. The van der Waals surface area contributed by atoms with E-state index in [4.69, 9.17) is 10.5 Å². The quantitative estimate of drug-likeness (QED) is 0.264. The number of hydrogen-bond donors (Lipinski definition) is 1. The summed E-state index contributed by atoms with van der Waals surface area (Å²) >= 11 is 0. The summed E-state index contributed by atoms with van der Waals surface area (Å²) in [6.45, 7) is 3.98. The van der Waals surface area contributed by atoms with Crippen molar-refractivity contribution in [1.29, 1.82) is 0 Å². The van der Waals surface area contributed by atoms with Crippen LogP contribution < -0.4 is 10.5 Å². The molecule has 5 heteroatoms. The molecule has 0 fully saturated rings.